The summed E-state index contributed by atoms with van der Waals surface area (Å²) in [4.78, 5) is 13.0. The smallest absolute Gasteiger partial charge is 0.224 e. The van der Waals surface area contributed by atoms with Gasteiger partial charge in [-0.3, -0.25) is 4.79 Å². The fourth-order valence-electron chi connectivity index (χ4n) is 1.62. The number of nitriles is 1. The Kier molecular flexibility index (Phi) is 4.78. The number of hydrogen-bond acceptors (Lipinski definition) is 3. The average Bonchev–Trinajstić information content (AvgIpc) is 2.43. The molecule has 0 unspecified atom stereocenters. The Morgan fingerprint density at radius 2 is 1.89 bits per heavy atom. The lowest BCUT2D eigenvalue weighted by Crippen LogP contribution is -1.95. The third kappa shape index (κ3) is 3.46. The van der Waals surface area contributed by atoms with Gasteiger partial charge in [-0.2, -0.15) is 5.26 Å². The molecule has 0 spiro atoms. The lowest BCUT2D eigenvalue weighted by Gasteiger charge is -2.07. The lowest BCUT2D eigenvalue weighted by atomic mass is 10.2. The van der Waals surface area contributed by atoms with Crippen molar-refractivity contribution in [1.29, 1.82) is 5.26 Å². The Labute approximate surface area is 124 Å². The molecule has 0 saturated carbocycles. The van der Waals surface area contributed by atoms with Crippen LogP contribution in [-0.4, -0.2) is 5.12 Å². The molecule has 0 saturated heterocycles. The summed E-state index contributed by atoms with van der Waals surface area (Å²) < 4.78 is 0.861. The van der Waals surface area contributed by atoms with Gasteiger partial charge in [0.2, 0.25) is 5.12 Å². The molecule has 2 rings (SSSR count). The maximum absolute atomic E-state index is 12.1. The standard InChI is InChI=1S/C15H10BrNOS/c16-13-7-4-8-14(12(13)9-10-17)19-15(18)11-5-2-1-3-6-11/h1-8H,9H2. The van der Waals surface area contributed by atoms with Gasteiger partial charge in [-0.15, -0.1) is 0 Å². The largest absolute Gasteiger partial charge is 0.281 e. The van der Waals surface area contributed by atoms with E-state index in [0.29, 0.717) is 5.56 Å². The van der Waals surface area contributed by atoms with Gasteiger partial charge in [0.15, 0.2) is 0 Å². The zero-order chi connectivity index (χ0) is 13.7. The van der Waals surface area contributed by atoms with Crippen LogP contribution in [0.15, 0.2) is 57.9 Å². The zero-order valence-corrected chi connectivity index (χ0v) is 12.4. The first-order valence-corrected chi connectivity index (χ1v) is 7.25. The molecule has 0 aliphatic carbocycles. The Morgan fingerprint density at radius 1 is 1.16 bits per heavy atom. The predicted molar refractivity (Wildman–Crippen MR) is 80.1 cm³/mol. The van der Waals surface area contributed by atoms with E-state index in [2.05, 4.69) is 22.0 Å². The summed E-state index contributed by atoms with van der Waals surface area (Å²) in [5.74, 6) is 0. The van der Waals surface area contributed by atoms with Crippen molar-refractivity contribution in [3.05, 3.63) is 64.1 Å². The molecule has 0 fully saturated rings. The summed E-state index contributed by atoms with van der Waals surface area (Å²) in [6.07, 6.45) is 0.284. The molecule has 0 aliphatic heterocycles. The fourth-order valence-corrected chi connectivity index (χ4v) is 3.16. The highest BCUT2D eigenvalue weighted by molar-refractivity contribution is 9.10. The maximum Gasteiger partial charge on any atom is 0.224 e. The second kappa shape index (κ2) is 6.55. The van der Waals surface area contributed by atoms with E-state index in [-0.39, 0.29) is 11.5 Å². The van der Waals surface area contributed by atoms with Gasteiger partial charge >= 0.3 is 0 Å². The molecular weight excluding hydrogens is 322 g/mol. The van der Waals surface area contributed by atoms with Crippen molar-refractivity contribution in [2.45, 2.75) is 11.3 Å². The minimum Gasteiger partial charge on any atom is -0.281 e. The van der Waals surface area contributed by atoms with E-state index in [1.54, 1.807) is 12.1 Å². The van der Waals surface area contributed by atoms with Crippen LogP contribution in [-0.2, 0) is 6.42 Å². The third-order valence-corrected chi connectivity index (χ3v) is 4.31. The second-order valence-corrected chi connectivity index (χ2v) is 5.68. The van der Waals surface area contributed by atoms with Gasteiger partial charge in [0, 0.05) is 14.9 Å². The van der Waals surface area contributed by atoms with E-state index >= 15 is 0 Å². The molecule has 0 atom stereocenters. The summed E-state index contributed by atoms with van der Waals surface area (Å²) in [7, 11) is 0. The zero-order valence-electron chi connectivity index (χ0n) is 9.97. The summed E-state index contributed by atoms with van der Waals surface area (Å²) in [5.41, 5.74) is 1.52. The van der Waals surface area contributed by atoms with Crippen LogP contribution in [0.2, 0.25) is 0 Å². The number of carbonyl (C=O) groups excluding carboxylic acids is 1. The van der Waals surface area contributed by atoms with E-state index in [9.17, 15) is 4.79 Å². The van der Waals surface area contributed by atoms with E-state index < -0.39 is 0 Å². The third-order valence-electron chi connectivity index (χ3n) is 2.54. The molecule has 2 aromatic carbocycles. The highest BCUT2D eigenvalue weighted by atomic mass is 79.9. The van der Waals surface area contributed by atoms with Crippen molar-refractivity contribution < 1.29 is 4.79 Å². The second-order valence-electron chi connectivity index (χ2n) is 3.81. The normalized spacial score (nSPS) is 9.89. The first-order chi connectivity index (χ1) is 9.22. The SMILES string of the molecule is N#CCc1c(Br)cccc1SC(=O)c1ccccc1. The number of carbonyl (C=O) groups is 1. The minimum atomic E-state index is -0.0158. The number of hydrogen-bond donors (Lipinski definition) is 0. The molecule has 0 heterocycles. The number of halogens is 1. The van der Waals surface area contributed by atoms with Crippen LogP contribution < -0.4 is 0 Å². The lowest BCUT2D eigenvalue weighted by molar-refractivity contribution is 0.108. The summed E-state index contributed by atoms with van der Waals surface area (Å²) in [5, 5.41) is 8.84. The average molecular weight is 332 g/mol. The van der Waals surface area contributed by atoms with E-state index in [1.165, 1.54) is 0 Å². The molecule has 19 heavy (non-hydrogen) atoms. The Morgan fingerprint density at radius 3 is 2.58 bits per heavy atom. The molecule has 0 aromatic heterocycles. The Hall–Kier alpha value is -1.57. The number of nitrogens with zero attached hydrogens (tertiary/aromatic N) is 1. The van der Waals surface area contributed by atoms with Gasteiger partial charge < -0.3 is 0 Å². The van der Waals surface area contributed by atoms with Gasteiger partial charge in [-0.25, -0.2) is 0 Å². The van der Waals surface area contributed by atoms with Crippen LogP contribution in [0.5, 0.6) is 0 Å². The van der Waals surface area contributed by atoms with Gasteiger partial charge in [0.1, 0.15) is 0 Å². The van der Waals surface area contributed by atoms with Gasteiger partial charge in [-0.05, 0) is 29.5 Å². The monoisotopic (exact) mass is 331 g/mol. The first kappa shape index (κ1) is 13.9. The highest BCUT2D eigenvalue weighted by Crippen LogP contribution is 2.31. The van der Waals surface area contributed by atoms with Crippen molar-refractivity contribution in [3.63, 3.8) is 0 Å². The summed E-state index contributed by atoms with van der Waals surface area (Å²) in [6, 6.07) is 16.9. The van der Waals surface area contributed by atoms with Crippen molar-refractivity contribution in [2.75, 3.05) is 0 Å². The molecule has 94 valence electrons. The van der Waals surface area contributed by atoms with Crippen LogP contribution in [0.1, 0.15) is 15.9 Å². The van der Waals surface area contributed by atoms with Crippen molar-refractivity contribution >= 4 is 32.8 Å². The Bertz CT molecular complexity index is 634. The number of rotatable bonds is 3. The molecule has 2 aromatic rings. The van der Waals surface area contributed by atoms with E-state index in [4.69, 9.17) is 5.26 Å². The van der Waals surface area contributed by atoms with Crippen LogP contribution >= 0.6 is 27.7 Å². The molecule has 0 radical (unpaired) electrons. The molecular formula is C15H10BrNOS. The first-order valence-electron chi connectivity index (χ1n) is 5.64. The minimum absolute atomic E-state index is 0.0158. The van der Waals surface area contributed by atoms with Crippen molar-refractivity contribution in [3.8, 4) is 6.07 Å². The predicted octanol–water partition coefficient (Wildman–Crippen LogP) is 4.45. The highest BCUT2D eigenvalue weighted by Gasteiger charge is 2.12. The summed E-state index contributed by atoms with van der Waals surface area (Å²) in [6.45, 7) is 0. The number of thioether (sulfide) groups is 1. The topological polar surface area (TPSA) is 40.9 Å². The molecule has 0 bridgehead atoms. The van der Waals surface area contributed by atoms with E-state index in [1.807, 2.05) is 36.4 Å². The Balaban J connectivity index is 2.27. The maximum atomic E-state index is 12.1. The quantitative estimate of drug-likeness (QED) is 0.780. The molecule has 0 N–H and O–H groups in total. The molecule has 0 amide bonds. The van der Waals surface area contributed by atoms with Gasteiger partial charge in [-0.1, -0.05) is 52.3 Å². The molecule has 0 aliphatic rings. The van der Waals surface area contributed by atoms with Crippen LogP contribution in [0, 0.1) is 11.3 Å². The van der Waals surface area contributed by atoms with Crippen LogP contribution in [0.4, 0.5) is 0 Å². The van der Waals surface area contributed by atoms with Crippen molar-refractivity contribution in [1.82, 2.24) is 0 Å². The number of benzene rings is 2. The van der Waals surface area contributed by atoms with E-state index in [0.717, 1.165) is 26.7 Å². The summed E-state index contributed by atoms with van der Waals surface area (Å²) >= 11 is 4.58. The molecule has 2 nitrogen and oxygen atoms in total. The van der Waals surface area contributed by atoms with Crippen LogP contribution in [0.3, 0.4) is 0 Å². The van der Waals surface area contributed by atoms with Crippen molar-refractivity contribution in [2.24, 2.45) is 0 Å². The van der Waals surface area contributed by atoms with Gasteiger partial charge in [0.05, 0.1) is 12.5 Å². The molecule has 4 heteroatoms. The fraction of sp³-hybridized carbons (Fsp3) is 0.0667. The van der Waals surface area contributed by atoms with Gasteiger partial charge in [0.25, 0.3) is 0 Å². The van der Waals surface area contributed by atoms with Crippen LogP contribution in [0.25, 0.3) is 0 Å².